The number of hydrogen-bond acceptors (Lipinski definition) is 9. The Morgan fingerprint density at radius 3 is 2.35 bits per heavy atom. The van der Waals surface area contributed by atoms with Gasteiger partial charge < -0.3 is 24.1 Å². The van der Waals surface area contributed by atoms with Crippen LogP contribution in [0.2, 0.25) is 0 Å². The third kappa shape index (κ3) is 6.15. The molecule has 1 saturated carbocycles. The van der Waals surface area contributed by atoms with Crippen molar-refractivity contribution in [3.05, 3.63) is 59.5 Å². The second-order valence-electron chi connectivity index (χ2n) is 9.32. The Balaban J connectivity index is 1.23. The van der Waals surface area contributed by atoms with E-state index in [2.05, 4.69) is 15.5 Å². The number of amides is 1. The van der Waals surface area contributed by atoms with E-state index < -0.39 is 5.97 Å². The van der Waals surface area contributed by atoms with Crippen molar-refractivity contribution in [3.8, 4) is 34.0 Å². The van der Waals surface area contributed by atoms with Crippen LogP contribution >= 0.6 is 23.1 Å². The Morgan fingerprint density at radius 1 is 1.00 bits per heavy atom. The number of aromatic nitrogens is 3. The molecule has 1 aliphatic rings. The minimum absolute atomic E-state index is 0.0938. The number of hydrogen-bond donors (Lipinski definition) is 1. The molecule has 2 aromatic carbocycles. The molecule has 0 saturated heterocycles. The zero-order valence-electron chi connectivity index (χ0n) is 22.5. The lowest BCUT2D eigenvalue weighted by atomic mass is 10.0. The van der Waals surface area contributed by atoms with Gasteiger partial charge in [-0.3, -0.25) is 4.79 Å². The van der Waals surface area contributed by atoms with E-state index in [1.54, 1.807) is 7.11 Å². The standard InChI is InChI=1S/C29H30N4O5S2/c1-33-26(19-10-14-22(15-11-19)38-21-6-4-5-7-21)31-32-29(33)40-17-24(34)30-27-25(28(35)37-3)23(16-39-27)18-8-12-20(36-2)13-9-18/h8-16,21H,4-7,17H2,1-3H3,(H,30,34). The highest BCUT2D eigenvalue weighted by Crippen LogP contribution is 2.37. The van der Waals surface area contributed by atoms with Crippen LogP contribution in [-0.4, -0.2) is 52.7 Å². The highest BCUT2D eigenvalue weighted by Gasteiger charge is 2.23. The van der Waals surface area contributed by atoms with Crippen LogP contribution in [0, 0.1) is 0 Å². The fourth-order valence-corrected chi connectivity index (χ4v) is 6.29. The van der Waals surface area contributed by atoms with Crippen molar-refractivity contribution in [2.45, 2.75) is 36.9 Å². The molecule has 40 heavy (non-hydrogen) atoms. The predicted molar refractivity (Wildman–Crippen MR) is 156 cm³/mol. The summed E-state index contributed by atoms with van der Waals surface area (Å²) in [7, 11) is 4.78. The number of methoxy groups -OCH3 is 2. The first-order valence-corrected chi connectivity index (χ1v) is 14.8. The number of carbonyl (C=O) groups excluding carboxylic acids is 2. The highest BCUT2D eigenvalue weighted by atomic mass is 32.2. The number of nitrogens with one attached hydrogen (secondary N) is 1. The van der Waals surface area contributed by atoms with Crippen molar-refractivity contribution in [3.63, 3.8) is 0 Å². The summed E-state index contributed by atoms with van der Waals surface area (Å²) in [5.41, 5.74) is 2.73. The lowest BCUT2D eigenvalue weighted by Crippen LogP contribution is -2.16. The predicted octanol–water partition coefficient (Wildman–Crippen LogP) is 6.06. The first-order chi connectivity index (χ1) is 19.5. The molecule has 0 unspecified atom stereocenters. The van der Waals surface area contributed by atoms with Crippen LogP contribution in [0.5, 0.6) is 11.5 Å². The maximum absolute atomic E-state index is 12.9. The van der Waals surface area contributed by atoms with E-state index in [1.807, 2.05) is 65.5 Å². The average molecular weight is 579 g/mol. The van der Waals surface area contributed by atoms with Gasteiger partial charge >= 0.3 is 5.97 Å². The van der Waals surface area contributed by atoms with Crippen molar-refractivity contribution in [1.29, 1.82) is 0 Å². The maximum Gasteiger partial charge on any atom is 0.341 e. The summed E-state index contributed by atoms with van der Waals surface area (Å²) in [5, 5.41) is 14.3. The molecular weight excluding hydrogens is 548 g/mol. The Kier molecular flexibility index (Phi) is 8.71. The third-order valence-corrected chi connectivity index (χ3v) is 8.63. The quantitative estimate of drug-likeness (QED) is 0.179. The third-order valence-electron chi connectivity index (χ3n) is 6.72. The lowest BCUT2D eigenvalue weighted by molar-refractivity contribution is -0.113. The number of nitrogens with zero attached hydrogens (tertiary/aromatic N) is 3. The molecule has 1 N–H and O–H groups in total. The van der Waals surface area contributed by atoms with E-state index in [4.69, 9.17) is 14.2 Å². The first-order valence-electron chi connectivity index (χ1n) is 12.9. The van der Waals surface area contributed by atoms with Gasteiger partial charge in [-0.25, -0.2) is 4.79 Å². The van der Waals surface area contributed by atoms with Crippen LogP contribution in [0.3, 0.4) is 0 Å². The number of esters is 1. The van der Waals surface area contributed by atoms with Crippen LogP contribution in [0.25, 0.3) is 22.5 Å². The normalized spacial score (nSPS) is 13.3. The van der Waals surface area contributed by atoms with Gasteiger partial charge in [0.2, 0.25) is 5.91 Å². The van der Waals surface area contributed by atoms with E-state index in [0.29, 0.717) is 39.0 Å². The lowest BCUT2D eigenvalue weighted by Gasteiger charge is -2.13. The molecule has 1 fully saturated rings. The summed E-state index contributed by atoms with van der Waals surface area (Å²) in [6.07, 6.45) is 4.98. The number of thioether (sulfide) groups is 1. The number of thiophene rings is 1. The molecular formula is C29H30N4O5S2. The van der Waals surface area contributed by atoms with Crippen molar-refractivity contribution in [1.82, 2.24) is 14.8 Å². The molecule has 1 amide bonds. The molecule has 2 heterocycles. The van der Waals surface area contributed by atoms with Crippen molar-refractivity contribution in [2.24, 2.45) is 7.05 Å². The Morgan fingerprint density at radius 2 is 1.68 bits per heavy atom. The molecule has 1 aliphatic carbocycles. The number of benzene rings is 2. The molecule has 0 atom stereocenters. The molecule has 11 heteroatoms. The SMILES string of the molecule is COC(=O)c1c(-c2ccc(OC)cc2)csc1NC(=O)CSc1nnc(-c2ccc(OC3CCCC3)cc2)n1C. The highest BCUT2D eigenvalue weighted by molar-refractivity contribution is 7.99. The van der Waals surface area contributed by atoms with Gasteiger partial charge in [0, 0.05) is 23.6 Å². The zero-order valence-corrected chi connectivity index (χ0v) is 24.1. The molecule has 0 radical (unpaired) electrons. The van der Waals surface area contributed by atoms with Crippen LogP contribution in [0.1, 0.15) is 36.0 Å². The molecule has 4 aromatic rings. The molecule has 2 aromatic heterocycles. The van der Waals surface area contributed by atoms with Gasteiger partial charge in [-0.05, 0) is 67.6 Å². The summed E-state index contributed by atoms with van der Waals surface area (Å²) in [5.74, 6) is 1.58. The summed E-state index contributed by atoms with van der Waals surface area (Å²) in [6.45, 7) is 0. The first kappa shape index (κ1) is 27.7. The van der Waals surface area contributed by atoms with Crippen LogP contribution < -0.4 is 14.8 Å². The average Bonchev–Trinajstić information content (AvgIpc) is 3.73. The molecule has 0 aliphatic heterocycles. The Hall–Kier alpha value is -3.83. The van der Waals surface area contributed by atoms with Gasteiger partial charge in [0.1, 0.15) is 22.1 Å². The van der Waals surface area contributed by atoms with Gasteiger partial charge in [-0.1, -0.05) is 23.9 Å². The minimum Gasteiger partial charge on any atom is -0.497 e. The number of carbonyl (C=O) groups is 2. The van der Waals surface area contributed by atoms with E-state index >= 15 is 0 Å². The van der Waals surface area contributed by atoms with Gasteiger partial charge in [0.05, 0.1) is 26.1 Å². The fraction of sp³-hybridized carbons (Fsp3) is 0.310. The summed E-state index contributed by atoms with van der Waals surface area (Å²) >= 11 is 2.54. The topological polar surface area (TPSA) is 105 Å². The van der Waals surface area contributed by atoms with Crippen molar-refractivity contribution >= 4 is 40.0 Å². The minimum atomic E-state index is -0.521. The fourth-order valence-electron chi connectivity index (χ4n) is 4.60. The number of ether oxygens (including phenoxy) is 3. The van der Waals surface area contributed by atoms with Gasteiger partial charge in [-0.15, -0.1) is 21.5 Å². The second kappa shape index (κ2) is 12.6. The van der Waals surface area contributed by atoms with Crippen molar-refractivity contribution in [2.75, 3.05) is 25.3 Å². The largest absolute Gasteiger partial charge is 0.497 e. The zero-order chi connectivity index (χ0) is 28.1. The summed E-state index contributed by atoms with van der Waals surface area (Å²) < 4.78 is 18.1. The number of anilines is 1. The Labute approximate surface area is 240 Å². The molecule has 208 valence electrons. The molecule has 0 spiro atoms. The summed E-state index contributed by atoms with van der Waals surface area (Å²) in [4.78, 5) is 25.5. The molecule has 0 bridgehead atoms. The smallest absolute Gasteiger partial charge is 0.341 e. The van der Waals surface area contributed by atoms with Gasteiger partial charge in [-0.2, -0.15) is 0 Å². The van der Waals surface area contributed by atoms with Crippen LogP contribution in [0.15, 0.2) is 59.1 Å². The van der Waals surface area contributed by atoms with E-state index in [0.717, 1.165) is 29.7 Å². The van der Waals surface area contributed by atoms with Gasteiger partial charge in [0.25, 0.3) is 0 Å². The molecule has 9 nitrogen and oxygen atoms in total. The van der Waals surface area contributed by atoms with Crippen molar-refractivity contribution < 1.29 is 23.8 Å². The monoisotopic (exact) mass is 578 g/mol. The van der Waals surface area contributed by atoms with Gasteiger partial charge in [0.15, 0.2) is 11.0 Å². The Bertz CT molecular complexity index is 1480. The van der Waals surface area contributed by atoms with E-state index in [1.165, 1.54) is 43.1 Å². The molecule has 5 rings (SSSR count). The summed E-state index contributed by atoms with van der Waals surface area (Å²) in [6, 6.07) is 15.2. The number of rotatable bonds is 10. The van der Waals surface area contributed by atoms with E-state index in [9.17, 15) is 9.59 Å². The maximum atomic E-state index is 12.9. The van der Waals surface area contributed by atoms with Crippen LogP contribution in [-0.2, 0) is 16.6 Å². The van der Waals surface area contributed by atoms with Crippen LogP contribution in [0.4, 0.5) is 5.00 Å². The van der Waals surface area contributed by atoms with E-state index in [-0.39, 0.29) is 11.7 Å². The second-order valence-corrected chi connectivity index (χ2v) is 11.1.